The van der Waals surface area contributed by atoms with Crippen LogP contribution in [0.2, 0.25) is 5.02 Å². The van der Waals surface area contributed by atoms with E-state index in [9.17, 15) is 32.7 Å². The fourth-order valence-electron chi connectivity index (χ4n) is 2.96. The maximum absolute atomic E-state index is 13.0. The zero-order valence-electron chi connectivity index (χ0n) is 18.2. The Morgan fingerprint density at radius 2 is 1.54 bits per heavy atom. The lowest BCUT2D eigenvalue weighted by Gasteiger charge is -2.16. The van der Waals surface area contributed by atoms with Crippen LogP contribution in [0.5, 0.6) is 5.75 Å². The molecule has 182 valence electrons. The second-order valence-electron chi connectivity index (χ2n) is 7.46. The van der Waals surface area contributed by atoms with E-state index in [-0.39, 0.29) is 34.1 Å². The second kappa shape index (κ2) is 10.0. The third-order valence-corrected chi connectivity index (χ3v) is 4.95. The highest BCUT2D eigenvalue weighted by molar-refractivity contribution is 6.30. The van der Waals surface area contributed by atoms with Gasteiger partial charge in [-0.3, -0.25) is 14.4 Å². The number of amides is 3. The molecule has 35 heavy (non-hydrogen) atoms. The summed E-state index contributed by atoms with van der Waals surface area (Å²) in [4.78, 5) is 41.2. The monoisotopic (exact) mass is 506 g/mol. The number of nitrogens with one attached hydrogen (secondary N) is 3. The average molecular weight is 507 g/mol. The van der Waals surface area contributed by atoms with Crippen molar-refractivity contribution in [2.45, 2.75) is 20.0 Å². The van der Waals surface area contributed by atoms with Crippen molar-refractivity contribution in [3.63, 3.8) is 0 Å². The summed E-state index contributed by atoms with van der Waals surface area (Å²) in [6, 6.07) is 9.28. The molecular formula is C23H18ClF3N4O4. The predicted octanol–water partition coefficient (Wildman–Crippen LogP) is 5.06. The van der Waals surface area contributed by atoms with E-state index >= 15 is 0 Å². The van der Waals surface area contributed by atoms with Crippen molar-refractivity contribution in [1.29, 1.82) is 0 Å². The van der Waals surface area contributed by atoms with Crippen molar-refractivity contribution in [2.24, 2.45) is 0 Å². The molecule has 1 heterocycles. The SMILES string of the molecule is Cc1ccc(C(=O)Nc2cc(O)c(C)cc2C(=O)Nc2ccc(Cl)cn2)c(NC(=O)C(F)(F)F)c1. The number of phenols is 1. The van der Waals surface area contributed by atoms with Crippen molar-refractivity contribution in [3.05, 3.63) is 75.9 Å². The first-order valence-electron chi connectivity index (χ1n) is 9.92. The van der Waals surface area contributed by atoms with Gasteiger partial charge in [-0.2, -0.15) is 13.2 Å². The highest BCUT2D eigenvalue weighted by Gasteiger charge is 2.39. The average Bonchev–Trinajstić information content (AvgIpc) is 2.77. The minimum absolute atomic E-state index is 0.0570. The standard InChI is InChI=1S/C23H18ClF3N4O4/c1-11-3-5-14(16(7-11)30-22(35)23(25,26)27)20(33)29-17-9-18(32)12(2)8-15(17)21(34)31-19-6-4-13(24)10-28-19/h3-10,32H,1-2H3,(H,29,33)(H,30,35)(H,28,31,34). The number of hydrogen-bond donors (Lipinski definition) is 4. The Morgan fingerprint density at radius 1 is 0.886 bits per heavy atom. The first kappa shape index (κ1) is 25.5. The zero-order chi connectivity index (χ0) is 25.9. The van der Waals surface area contributed by atoms with Gasteiger partial charge in [-0.05, 0) is 55.3 Å². The van der Waals surface area contributed by atoms with Gasteiger partial charge in [-0.15, -0.1) is 0 Å². The van der Waals surface area contributed by atoms with Crippen molar-refractivity contribution in [1.82, 2.24) is 4.98 Å². The van der Waals surface area contributed by atoms with E-state index < -0.39 is 23.9 Å². The number of alkyl halides is 3. The molecule has 0 aliphatic heterocycles. The molecule has 12 heteroatoms. The maximum atomic E-state index is 13.0. The minimum atomic E-state index is -5.17. The van der Waals surface area contributed by atoms with Crippen molar-refractivity contribution in [3.8, 4) is 5.75 Å². The number of rotatable bonds is 5. The quantitative estimate of drug-likeness (QED) is 0.385. The molecule has 0 atom stereocenters. The van der Waals surface area contributed by atoms with E-state index in [1.165, 1.54) is 49.5 Å². The Hall–Kier alpha value is -4.12. The molecule has 0 spiro atoms. The molecule has 0 fully saturated rings. The fraction of sp³-hybridized carbons (Fsp3) is 0.130. The van der Waals surface area contributed by atoms with Gasteiger partial charge in [0.15, 0.2) is 0 Å². The normalized spacial score (nSPS) is 11.0. The first-order valence-corrected chi connectivity index (χ1v) is 10.3. The van der Waals surface area contributed by atoms with Crippen molar-refractivity contribution < 1.29 is 32.7 Å². The van der Waals surface area contributed by atoms with E-state index in [0.29, 0.717) is 16.1 Å². The third-order valence-electron chi connectivity index (χ3n) is 4.72. The van der Waals surface area contributed by atoms with Gasteiger partial charge in [-0.25, -0.2) is 4.98 Å². The van der Waals surface area contributed by atoms with E-state index in [0.717, 1.165) is 6.07 Å². The largest absolute Gasteiger partial charge is 0.508 e. The molecule has 0 bridgehead atoms. The maximum Gasteiger partial charge on any atom is 0.471 e. The number of hydrogen-bond acceptors (Lipinski definition) is 5. The summed E-state index contributed by atoms with van der Waals surface area (Å²) in [5.41, 5.74) is -0.0404. The van der Waals surface area contributed by atoms with Gasteiger partial charge in [0.1, 0.15) is 11.6 Å². The molecule has 4 N–H and O–H groups in total. The molecule has 3 amide bonds. The van der Waals surface area contributed by atoms with Crippen LogP contribution in [-0.2, 0) is 4.79 Å². The van der Waals surface area contributed by atoms with Crippen LogP contribution in [0.15, 0.2) is 48.7 Å². The number of benzene rings is 2. The molecule has 3 rings (SSSR count). The second-order valence-corrected chi connectivity index (χ2v) is 7.89. The number of pyridine rings is 1. The lowest BCUT2D eigenvalue weighted by atomic mass is 10.1. The summed E-state index contributed by atoms with van der Waals surface area (Å²) >= 11 is 5.78. The van der Waals surface area contributed by atoms with Gasteiger partial charge < -0.3 is 21.1 Å². The molecule has 0 saturated heterocycles. The molecule has 1 aromatic heterocycles. The number of halogens is 4. The number of anilines is 3. The molecule has 0 saturated carbocycles. The van der Waals surface area contributed by atoms with Crippen LogP contribution >= 0.6 is 11.6 Å². The van der Waals surface area contributed by atoms with Crippen molar-refractivity contribution in [2.75, 3.05) is 16.0 Å². The molecular weight excluding hydrogens is 489 g/mol. The Bertz CT molecular complexity index is 1310. The van der Waals surface area contributed by atoms with Crippen LogP contribution in [0.1, 0.15) is 31.8 Å². The van der Waals surface area contributed by atoms with Crippen LogP contribution in [0.4, 0.5) is 30.4 Å². The molecule has 3 aromatic rings. The molecule has 8 nitrogen and oxygen atoms in total. The number of nitrogens with zero attached hydrogens (tertiary/aromatic N) is 1. The topological polar surface area (TPSA) is 120 Å². The van der Waals surface area contributed by atoms with E-state index in [1.54, 1.807) is 12.2 Å². The smallest absolute Gasteiger partial charge is 0.471 e. The lowest BCUT2D eigenvalue weighted by molar-refractivity contribution is -0.167. The Labute approximate surface area is 202 Å². The van der Waals surface area contributed by atoms with Gasteiger partial charge in [0.25, 0.3) is 11.8 Å². The summed E-state index contributed by atoms with van der Waals surface area (Å²) in [7, 11) is 0. The van der Waals surface area contributed by atoms with Gasteiger partial charge in [-0.1, -0.05) is 17.7 Å². The molecule has 0 aliphatic carbocycles. The number of carbonyl (C=O) groups excluding carboxylic acids is 3. The van der Waals surface area contributed by atoms with Gasteiger partial charge >= 0.3 is 12.1 Å². The van der Waals surface area contributed by atoms with Crippen LogP contribution < -0.4 is 16.0 Å². The predicted molar refractivity (Wildman–Crippen MR) is 124 cm³/mol. The molecule has 0 aliphatic rings. The number of carbonyl (C=O) groups is 3. The number of aromatic nitrogens is 1. The van der Waals surface area contributed by atoms with Crippen LogP contribution in [0, 0.1) is 13.8 Å². The van der Waals surface area contributed by atoms with Gasteiger partial charge in [0.2, 0.25) is 0 Å². The Balaban J connectivity index is 1.93. The zero-order valence-corrected chi connectivity index (χ0v) is 19.0. The van der Waals surface area contributed by atoms with Crippen LogP contribution in [0.25, 0.3) is 0 Å². The Kier molecular flexibility index (Phi) is 7.30. The molecule has 0 unspecified atom stereocenters. The summed E-state index contributed by atoms with van der Waals surface area (Å²) in [6.07, 6.45) is -3.85. The van der Waals surface area contributed by atoms with Gasteiger partial charge in [0, 0.05) is 12.3 Å². The lowest BCUT2D eigenvalue weighted by Crippen LogP contribution is -2.31. The van der Waals surface area contributed by atoms with E-state index in [1.807, 2.05) is 0 Å². The first-order chi connectivity index (χ1) is 16.3. The number of aryl methyl sites for hydroxylation is 2. The summed E-state index contributed by atoms with van der Waals surface area (Å²) < 4.78 is 38.2. The van der Waals surface area contributed by atoms with E-state index in [4.69, 9.17) is 11.6 Å². The number of phenolic OH excluding ortho intramolecular Hbond substituents is 1. The number of aromatic hydroxyl groups is 1. The summed E-state index contributed by atoms with van der Waals surface area (Å²) in [6.45, 7) is 3.10. The minimum Gasteiger partial charge on any atom is -0.508 e. The van der Waals surface area contributed by atoms with E-state index in [2.05, 4.69) is 15.6 Å². The highest BCUT2D eigenvalue weighted by Crippen LogP contribution is 2.29. The Morgan fingerprint density at radius 3 is 2.17 bits per heavy atom. The van der Waals surface area contributed by atoms with Gasteiger partial charge in [0.05, 0.1) is 27.5 Å². The van der Waals surface area contributed by atoms with Crippen LogP contribution in [-0.4, -0.2) is 34.0 Å². The molecule has 2 aromatic carbocycles. The van der Waals surface area contributed by atoms with Crippen molar-refractivity contribution >= 4 is 46.5 Å². The molecule has 0 radical (unpaired) electrons. The fourth-order valence-corrected chi connectivity index (χ4v) is 3.08. The highest BCUT2D eigenvalue weighted by atomic mass is 35.5. The summed E-state index contributed by atoms with van der Waals surface area (Å²) in [5, 5.41) is 17.1. The third kappa shape index (κ3) is 6.27. The van der Waals surface area contributed by atoms with Crippen LogP contribution in [0.3, 0.4) is 0 Å². The summed E-state index contributed by atoms with van der Waals surface area (Å²) in [5.74, 6) is -3.94.